The molecule has 134 valence electrons. The van der Waals surface area contributed by atoms with Crippen molar-refractivity contribution in [3.63, 3.8) is 0 Å². The van der Waals surface area contributed by atoms with E-state index in [0.717, 1.165) is 23.3 Å². The van der Waals surface area contributed by atoms with Gasteiger partial charge in [-0.25, -0.2) is 0 Å². The predicted molar refractivity (Wildman–Crippen MR) is 95.6 cm³/mol. The van der Waals surface area contributed by atoms with Crippen molar-refractivity contribution in [3.8, 4) is 17.1 Å². The SMILES string of the molecule is CCc1ccc(-c2noc(COC(=O)Cc3ccc(OC)cc3)n2)cc1. The topological polar surface area (TPSA) is 74.5 Å². The highest BCUT2D eigenvalue weighted by Gasteiger charge is 2.12. The first-order valence-corrected chi connectivity index (χ1v) is 8.38. The fourth-order valence-electron chi connectivity index (χ4n) is 2.42. The molecule has 0 saturated carbocycles. The summed E-state index contributed by atoms with van der Waals surface area (Å²) < 4.78 is 15.4. The maximum atomic E-state index is 11.9. The number of methoxy groups -OCH3 is 1. The number of nitrogens with zero attached hydrogens (tertiary/aromatic N) is 2. The third kappa shape index (κ3) is 4.47. The first-order chi connectivity index (χ1) is 12.7. The van der Waals surface area contributed by atoms with E-state index < -0.39 is 0 Å². The number of benzene rings is 2. The Labute approximate surface area is 151 Å². The lowest BCUT2D eigenvalue weighted by Crippen LogP contribution is -2.08. The molecule has 6 heteroatoms. The van der Waals surface area contributed by atoms with E-state index in [4.69, 9.17) is 14.0 Å². The Kier molecular flexibility index (Phi) is 5.63. The summed E-state index contributed by atoms with van der Waals surface area (Å²) in [5.74, 6) is 1.13. The molecule has 0 aliphatic heterocycles. The van der Waals surface area contributed by atoms with E-state index in [2.05, 4.69) is 17.1 Å². The molecule has 0 fully saturated rings. The van der Waals surface area contributed by atoms with E-state index in [1.165, 1.54) is 5.56 Å². The van der Waals surface area contributed by atoms with Crippen LogP contribution in [0.3, 0.4) is 0 Å². The van der Waals surface area contributed by atoms with Gasteiger partial charge in [0.25, 0.3) is 5.89 Å². The minimum Gasteiger partial charge on any atom is -0.497 e. The number of rotatable bonds is 7. The number of hydrogen-bond donors (Lipinski definition) is 0. The summed E-state index contributed by atoms with van der Waals surface area (Å²) in [5.41, 5.74) is 2.95. The number of ether oxygens (including phenoxy) is 2. The average Bonchev–Trinajstić information content (AvgIpc) is 3.16. The van der Waals surface area contributed by atoms with Gasteiger partial charge >= 0.3 is 5.97 Å². The van der Waals surface area contributed by atoms with Crippen LogP contribution in [0.2, 0.25) is 0 Å². The molecule has 0 unspecified atom stereocenters. The van der Waals surface area contributed by atoms with Crippen molar-refractivity contribution in [1.29, 1.82) is 0 Å². The zero-order valence-corrected chi connectivity index (χ0v) is 14.8. The molecule has 0 aliphatic carbocycles. The molecule has 1 heterocycles. The molecule has 0 spiro atoms. The van der Waals surface area contributed by atoms with Crippen molar-refractivity contribution in [3.05, 3.63) is 65.5 Å². The van der Waals surface area contributed by atoms with E-state index in [1.54, 1.807) is 19.2 Å². The smallest absolute Gasteiger partial charge is 0.310 e. The predicted octanol–water partition coefficient (Wildman–Crippen LogP) is 3.59. The Morgan fingerprint density at radius 2 is 1.73 bits per heavy atom. The van der Waals surface area contributed by atoms with Gasteiger partial charge in [0.05, 0.1) is 13.5 Å². The summed E-state index contributed by atoms with van der Waals surface area (Å²) in [6.07, 6.45) is 1.14. The highest BCUT2D eigenvalue weighted by atomic mass is 16.6. The monoisotopic (exact) mass is 352 g/mol. The van der Waals surface area contributed by atoms with Gasteiger partial charge in [-0.15, -0.1) is 0 Å². The highest BCUT2D eigenvalue weighted by molar-refractivity contribution is 5.72. The maximum absolute atomic E-state index is 11.9. The molecule has 0 saturated heterocycles. The second kappa shape index (κ2) is 8.29. The summed E-state index contributed by atoms with van der Waals surface area (Å²) in [6, 6.07) is 15.2. The molecule has 3 aromatic rings. The van der Waals surface area contributed by atoms with Crippen LogP contribution in [0.5, 0.6) is 5.75 Å². The van der Waals surface area contributed by atoms with Gasteiger partial charge < -0.3 is 14.0 Å². The first-order valence-electron chi connectivity index (χ1n) is 8.38. The summed E-state index contributed by atoms with van der Waals surface area (Å²) in [5, 5.41) is 3.93. The van der Waals surface area contributed by atoms with Crippen LogP contribution >= 0.6 is 0 Å². The van der Waals surface area contributed by atoms with Crippen LogP contribution in [0.15, 0.2) is 53.1 Å². The fourth-order valence-corrected chi connectivity index (χ4v) is 2.42. The molecular weight excluding hydrogens is 332 g/mol. The molecule has 0 aliphatic rings. The van der Waals surface area contributed by atoms with Crippen molar-refractivity contribution in [2.24, 2.45) is 0 Å². The van der Waals surface area contributed by atoms with E-state index in [-0.39, 0.29) is 24.9 Å². The van der Waals surface area contributed by atoms with Crippen LogP contribution in [0.4, 0.5) is 0 Å². The standard InChI is InChI=1S/C20H20N2O4/c1-3-14-4-8-16(9-5-14)20-21-18(26-22-20)13-25-19(23)12-15-6-10-17(24-2)11-7-15/h4-11H,3,12-13H2,1-2H3. The molecule has 6 nitrogen and oxygen atoms in total. The van der Waals surface area contributed by atoms with Crippen LogP contribution in [-0.2, 0) is 29.0 Å². The summed E-state index contributed by atoms with van der Waals surface area (Å²) in [4.78, 5) is 16.2. The van der Waals surface area contributed by atoms with Gasteiger partial charge in [0.1, 0.15) is 5.75 Å². The van der Waals surface area contributed by atoms with E-state index in [1.807, 2.05) is 36.4 Å². The van der Waals surface area contributed by atoms with Crippen LogP contribution in [0.1, 0.15) is 23.9 Å². The minimum absolute atomic E-state index is 0.0466. The quantitative estimate of drug-likeness (QED) is 0.605. The maximum Gasteiger partial charge on any atom is 0.310 e. The number of hydrogen-bond acceptors (Lipinski definition) is 6. The zero-order chi connectivity index (χ0) is 18.4. The Bertz CT molecular complexity index is 854. The molecule has 0 bridgehead atoms. The average molecular weight is 352 g/mol. The Morgan fingerprint density at radius 3 is 2.38 bits per heavy atom. The van der Waals surface area contributed by atoms with Crippen molar-refractivity contribution in [2.45, 2.75) is 26.4 Å². The Morgan fingerprint density at radius 1 is 1.04 bits per heavy atom. The third-order valence-electron chi connectivity index (χ3n) is 3.95. The van der Waals surface area contributed by atoms with Crippen LogP contribution in [0, 0.1) is 0 Å². The molecule has 3 rings (SSSR count). The lowest BCUT2D eigenvalue weighted by molar-refractivity contribution is -0.144. The fraction of sp³-hybridized carbons (Fsp3) is 0.250. The van der Waals surface area contributed by atoms with Crippen molar-refractivity contribution >= 4 is 5.97 Å². The molecule has 0 amide bonds. The van der Waals surface area contributed by atoms with E-state index >= 15 is 0 Å². The largest absolute Gasteiger partial charge is 0.497 e. The van der Waals surface area contributed by atoms with Gasteiger partial charge in [0.2, 0.25) is 5.82 Å². The summed E-state index contributed by atoms with van der Waals surface area (Å²) in [7, 11) is 1.60. The lowest BCUT2D eigenvalue weighted by Gasteiger charge is -2.03. The van der Waals surface area contributed by atoms with E-state index in [9.17, 15) is 4.79 Å². The van der Waals surface area contributed by atoms with Gasteiger partial charge in [-0.05, 0) is 29.7 Å². The number of aryl methyl sites for hydroxylation is 1. The summed E-state index contributed by atoms with van der Waals surface area (Å²) >= 11 is 0. The number of aromatic nitrogens is 2. The number of esters is 1. The van der Waals surface area contributed by atoms with Crippen molar-refractivity contribution in [2.75, 3.05) is 7.11 Å². The first kappa shape index (κ1) is 17.7. The number of carbonyl (C=O) groups excluding carboxylic acids is 1. The van der Waals surface area contributed by atoms with Gasteiger partial charge in [-0.2, -0.15) is 4.98 Å². The third-order valence-corrected chi connectivity index (χ3v) is 3.95. The van der Waals surface area contributed by atoms with Gasteiger partial charge in [-0.3, -0.25) is 4.79 Å². The Balaban J connectivity index is 1.54. The molecule has 1 aromatic heterocycles. The van der Waals surface area contributed by atoms with E-state index in [0.29, 0.717) is 5.82 Å². The molecule has 0 radical (unpaired) electrons. The lowest BCUT2D eigenvalue weighted by atomic mass is 10.1. The van der Waals surface area contributed by atoms with Crippen molar-refractivity contribution in [1.82, 2.24) is 10.1 Å². The molecule has 0 atom stereocenters. The molecule has 26 heavy (non-hydrogen) atoms. The van der Waals surface area contributed by atoms with Crippen LogP contribution in [0.25, 0.3) is 11.4 Å². The van der Waals surface area contributed by atoms with Gasteiger partial charge in [0.15, 0.2) is 6.61 Å². The Hall–Kier alpha value is -3.15. The zero-order valence-electron chi connectivity index (χ0n) is 14.8. The second-order valence-electron chi connectivity index (χ2n) is 5.75. The molecule has 2 aromatic carbocycles. The highest BCUT2D eigenvalue weighted by Crippen LogP contribution is 2.17. The second-order valence-corrected chi connectivity index (χ2v) is 5.75. The molecular formula is C20H20N2O4. The number of carbonyl (C=O) groups is 1. The minimum atomic E-state index is -0.359. The van der Waals surface area contributed by atoms with Crippen LogP contribution in [-0.4, -0.2) is 23.2 Å². The normalized spacial score (nSPS) is 10.5. The molecule has 0 N–H and O–H groups in total. The van der Waals surface area contributed by atoms with Gasteiger partial charge in [0, 0.05) is 5.56 Å². The van der Waals surface area contributed by atoms with Crippen LogP contribution < -0.4 is 4.74 Å². The van der Waals surface area contributed by atoms with Gasteiger partial charge in [-0.1, -0.05) is 48.5 Å². The summed E-state index contributed by atoms with van der Waals surface area (Å²) in [6.45, 7) is 2.05. The van der Waals surface area contributed by atoms with Crippen molar-refractivity contribution < 1.29 is 18.8 Å².